The second kappa shape index (κ2) is 4.99. The zero-order chi connectivity index (χ0) is 13.2. The largest absolute Gasteiger partial charge is 0.290 e. The fourth-order valence-electron chi connectivity index (χ4n) is 1.62. The molecule has 0 unspecified atom stereocenters. The molecular weight excluding hydrogens is 280 g/mol. The third-order valence-electron chi connectivity index (χ3n) is 2.46. The predicted octanol–water partition coefficient (Wildman–Crippen LogP) is 3.13. The minimum atomic E-state index is -0.357. The van der Waals surface area contributed by atoms with E-state index in [4.69, 9.17) is 0 Å². The van der Waals surface area contributed by atoms with E-state index in [0.717, 1.165) is 22.3 Å². The monoisotopic (exact) mass is 288 g/mol. The average Bonchev–Trinajstić information content (AvgIpc) is 2.99. The van der Waals surface area contributed by atoms with Crippen molar-refractivity contribution >= 4 is 40.3 Å². The number of thiazole rings is 1. The summed E-state index contributed by atoms with van der Waals surface area (Å²) >= 11 is 2.41. The van der Waals surface area contributed by atoms with Crippen LogP contribution >= 0.6 is 23.1 Å². The smallest absolute Gasteiger partial charge is 0.282 e. The van der Waals surface area contributed by atoms with Gasteiger partial charge in [-0.1, -0.05) is 30.3 Å². The highest BCUT2D eigenvalue weighted by Gasteiger charge is 2.25. The third-order valence-corrected chi connectivity index (χ3v) is 4.18. The van der Waals surface area contributed by atoms with Gasteiger partial charge in [-0.15, -0.1) is 11.3 Å². The maximum absolute atomic E-state index is 11.4. The molecule has 4 nitrogen and oxygen atoms in total. The Bertz CT molecular complexity index is 677. The lowest BCUT2D eigenvalue weighted by atomic mass is 10.2. The van der Waals surface area contributed by atoms with E-state index < -0.39 is 0 Å². The second-order valence-corrected chi connectivity index (χ2v) is 5.67. The summed E-state index contributed by atoms with van der Waals surface area (Å²) in [6.07, 6.45) is 1.63. The first-order valence-corrected chi connectivity index (χ1v) is 7.18. The van der Waals surface area contributed by atoms with E-state index in [2.05, 4.69) is 10.3 Å². The number of rotatable bonds is 2. The van der Waals surface area contributed by atoms with E-state index in [1.807, 2.05) is 35.7 Å². The SMILES string of the molecule is O=C1NC(=O)/C(=C/c2csc(-c3ccccc3)n2)S1. The van der Waals surface area contributed by atoms with Crippen molar-refractivity contribution in [2.75, 3.05) is 0 Å². The molecule has 0 radical (unpaired) electrons. The van der Waals surface area contributed by atoms with E-state index >= 15 is 0 Å². The van der Waals surface area contributed by atoms with Gasteiger partial charge in [0, 0.05) is 10.9 Å². The fourth-order valence-corrected chi connectivity index (χ4v) is 3.07. The van der Waals surface area contributed by atoms with Crippen LogP contribution in [-0.4, -0.2) is 16.1 Å². The first-order chi connectivity index (χ1) is 9.22. The Balaban J connectivity index is 1.89. The summed E-state index contributed by atoms with van der Waals surface area (Å²) in [4.78, 5) is 27.3. The van der Waals surface area contributed by atoms with Gasteiger partial charge in [0.1, 0.15) is 5.01 Å². The molecular formula is C13H8N2O2S2. The van der Waals surface area contributed by atoms with Gasteiger partial charge < -0.3 is 0 Å². The molecule has 1 fully saturated rings. The maximum atomic E-state index is 11.4. The van der Waals surface area contributed by atoms with Gasteiger partial charge >= 0.3 is 0 Å². The van der Waals surface area contributed by atoms with E-state index in [1.165, 1.54) is 11.3 Å². The van der Waals surface area contributed by atoms with Gasteiger partial charge in [-0.2, -0.15) is 0 Å². The van der Waals surface area contributed by atoms with Gasteiger partial charge in [0.15, 0.2) is 0 Å². The number of carbonyl (C=O) groups excluding carboxylic acids is 2. The molecule has 1 saturated heterocycles. The Morgan fingerprint density at radius 3 is 2.63 bits per heavy atom. The Hall–Kier alpha value is -1.92. The molecule has 0 bridgehead atoms. The molecule has 6 heteroatoms. The molecule has 1 aliphatic rings. The van der Waals surface area contributed by atoms with Crippen LogP contribution < -0.4 is 5.32 Å². The molecule has 2 heterocycles. The Labute approximate surface area is 117 Å². The minimum Gasteiger partial charge on any atom is -0.282 e. The number of benzene rings is 1. The van der Waals surface area contributed by atoms with Crippen LogP contribution in [0, 0.1) is 0 Å². The molecule has 2 amide bonds. The standard InChI is InChI=1S/C13H8N2O2S2/c16-11-10(19-13(17)15-11)6-9-7-18-12(14-9)8-4-2-1-3-5-8/h1-7H,(H,15,16,17)/b10-6-. The number of imide groups is 1. The first kappa shape index (κ1) is 12.1. The molecule has 1 N–H and O–H groups in total. The normalized spacial score (nSPS) is 16.9. The molecule has 2 aromatic rings. The highest BCUT2D eigenvalue weighted by molar-refractivity contribution is 8.18. The topological polar surface area (TPSA) is 59.1 Å². The number of hydrogen-bond acceptors (Lipinski definition) is 5. The lowest BCUT2D eigenvalue weighted by Crippen LogP contribution is -2.17. The third kappa shape index (κ3) is 2.59. The second-order valence-electron chi connectivity index (χ2n) is 3.80. The summed E-state index contributed by atoms with van der Waals surface area (Å²) in [5, 5.41) is 4.64. The van der Waals surface area contributed by atoms with Crippen molar-refractivity contribution in [2.45, 2.75) is 0 Å². The van der Waals surface area contributed by atoms with Crippen LogP contribution in [0.5, 0.6) is 0 Å². The number of amides is 2. The van der Waals surface area contributed by atoms with Crippen molar-refractivity contribution in [1.82, 2.24) is 10.3 Å². The summed E-state index contributed by atoms with van der Waals surface area (Å²) < 4.78 is 0. The number of aromatic nitrogens is 1. The molecule has 19 heavy (non-hydrogen) atoms. The van der Waals surface area contributed by atoms with Crippen LogP contribution in [0.4, 0.5) is 4.79 Å². The number of thioether (sulfide) groups is 1. The van der Waals surface area contributed by atoms with Gasteiger partial charge in [0.25, 0.3) is 11.1 Å². The van der Waals surface area contributed by atoms with Crippen LogP contribution in [0.2, 0.25) is 0 Å². The molecule has 1 aliphatic heterocycles. The van der Waals surface area contributed by atoms with Crippen molar-refractivity contribution in [1.29, 1.82) is 0 Å². The highest BCUT2D eigenvalue weighted by Crippen LogP contribution is 2.28. The fraction of sp³-hybridized carbons (Fsp3) is 0. The molecule has 0 saturated carbocycles. The van der Waals surface area contributed by atoms with Crippen molar-refractivity contribution in [3.8, 4) is 10.6 Å². The van der Waals surface area contributed by atoms with E-state index in [9.17, 15) is 9.59 Å². The van der Waals surface area contributed by atoms with Gasteiger partial charge in [0.2, 0.25) is 0 Å². The molecule has 0 spiro atoms. The highest BCUT2D eigenvalue weighted by atomic mass is 32.2. The predicted molar refractivity (Wildman–Crippen MR) is 76.7 cm³/mol. The molecule has 94 valence electrons. The van der Waals surface area contributed by atoms with E-state index in [1.54, 1.807) is 6.08 Å². The van der Waals surface area contributed by atoms with Crippen molar-refractivity contribution in [2.24, 2.45) is 0 Å². The lowest BCUT2D eigenvalue weighted by molar-refractivity contribution is -0.115. The first-order valence-electron chi connectivity index (χ1n) is 5.48. The summed E-state index contributed by atoms with van der Waals surface area (Å²) in [5.41, 5.74) is 1.73. The van der Waals surface area contributed by atoms with Crippen LogP contribution in [0.25, 0.3) is 16.6 Å². The van der Waals surface area contributed by atoms with Crippen molar-refractivity contribution in [3.05, 3.63) is 46.3 Å². The molecule has 1 aromatic carbocycles. The van der Waals surface area contributed by atoms with Crippen molar-refractivity contribution < 1.29 is 9.59 Å². The molecule has 0 atom stereocenters. The summed E-state index contributed by atoms with van der Waals surface area (Å²) in [5.74, 6) is -0.357. The zero-order valence-corrected chi connectivity index (χ0v) is 11.3. The number of nitrogens with zero attached hydrogens (tertiary/aromatic N) is 1. The van der Waals surface area contributed by atoms with Gasteiger partial charge in [-0.3, -0.25) is 14.9 Å². The Morgan fingerprint density at radius 2 is 1.95 bits per heavy atom. The number of carbonyl (C=O) groups is 2. The Kier molecular flexibility index (Phi) is 3.18. The van der Waals surface area contributed by atoms with E-state index in [0.29, 0.717) is 10.6 Å². The summed E-state index contributed by atoms with van der Waals surface area (Å²) in [6.45, 7) is 0. The van der Waals surface area contributed by atoms with Crippen molar-refractivity contribution in [3.63, 3.8) is 0 Å². The molecule has 0 aliphatic carbocycles. The minimum absolute atomic E-state index is 0.338. The van der Waals surface area contributed by atoms with Gasteiger partial charge in [0.05, 0.1) is 10.6 Å². The van der Waals surface area contributed by atoms with Crippen LogP contribution in [0.15, 0.2) is 40.6 Å². The summed E-state index contributed by atoms with van der Waals surface area (Å²) in [7, 11) is 0. The van der Waals surface area contributed by atoms with Crippen LogP contribution in [-0.2, 0) is 4.79 Å². The lowest BCUT2D eigenvalue weighted by Gasteiger charge is -1.93. The number of hydrogen-bond donors (Lipinski definition) is 1. The summed E-state index contributed by atoms with van der Waals surface area (Å²) in [6, 6.07) is 9.82. The van der Waals surface area contributed by atoms with Gasteiger partial charge in [-0.25, -0.2) is 4.98 Å². The average molecular weight is 288 g/mol. The quantitative estimate of drug-likeness (QED) is 0.862. The van der Waals surface area contributed by atoms with Crippen LogP contribution in [0.1, 0.15) is 5.69 Å². The molecule has 3 rings (SSSR count). The molecule has 1 aromatic heterocycles. The maximum Gasteiger partial charge on any atom is 0.290 e. The Morgan fingerprint density at radius 1 is 1.16 bits per heavy atom. The zero-order valence-electron chi connectivity index (χ0n) is 9.62. The van der Waals surface area contributed by atoms with Crippen LogP contribution in [0.3, 0.4) is 0 Å². The number of nitrogens with one attached hydrogen (secondary N) is 1. The van der Waals surface area contributed by atoms with E-state index in [-0.39, 0.29) is 11.1 Å². The van der Waals surface area contributed by atoms with Gasteiger partial charge in [-0.05, 0) is 17.8 Å².